The molecule has 1 aliphatic carbocycles. The van der Waals surface area contributed by atoms with Gasteiger partial charge in [-0.3, -0.25) is 19.8 Å². The molecular formula is C30H37F3N4O5. The molecule has 228 valence electrons. The van der Waals surface area contributed by atoms with Crippen molar-refractivity contribution in [3.8, 4) is 0 Å². The predicted octanol–water partition coefficient (Wildman–Crippen LogP) is 4.41. The van der Waals surface area contributed by atoms with Gasteiger partial charge in [-0.1, -0.05) is 18.2 Å². The number of benzene rings is 2. The average molecular weight is 591 g/mol. The molecule has 2 aliphatic rings. The van der Waals surface area contributed by atoms with Crippen molar-refractivity contribution in [1.29, 1.82) is 0 Å². The summed E-state index contributed by atoms with van der Waals surface area (Å²) in [6.07, 6.45) is -2.52. The standard InChI is InChI=1S/C30H37F3N4O5/c1-28(2,3)42-27(40)36-22-9-5-7-20(15-22)29(41)12-10-24(11-13-29)37-17-23(18-37)35-25(38)16-34-26(39)19-6-4-8-21(14-19)30(31,32)33/h4-9,14-15,23-24,41H,10-13,16-18H2,1-3H3,(H,34,39)(H,35,38)(H,36,40). The highest BCUT2D eigenvalue weighted by Gasteiger charge is 2.40. The van der Waals surface area contributed by atoms with Crippen molar-refractivity contribution in [2.24, 2.45) is 0 Å². The molecule has 4 N–H and O–H groups in total. The summed E-state index contributed by atoms with van der Waals surface area (Å²) in [6, 6.07) is 11.3. The first kappa shape index (κ1) is 31.3. The van der Waals surface area contributed by atoms with Crippen molar-refractivity contribution in [2.75, 3.05) is 25.0 Å². The number of nitrogens with one attached hydrogen (secondary N) is 3. The van der Waals surface area contributed by atoms with E-state index in [9.17, 15) is 32.7 Å². The van der Waals surface area contributed by atoms with Gasteiger partial charge >= 0.3 is 12.3 Å². The van der Waals surface area contributed by atoms with Crippen LogP contribution >= 0.6 is 0 Å². The lowest BCUT2D eigenvalue weighted by molar-refractivity contribution is -0.137. The van der Waals surface area contributed by atoms with Crippen molar-refractivity contribution >= 4 is 23.6 Å². The topological polar surface area (TPSA) is 120 Å². The molecule has 0 radical (unpaired) electrons. The third-order valence-corrected chi connectivity index (χ3v) is 7.48. The van der Waals surface area contributed by atoms with Gasteiger partial charge in [-0.2, -0.15) is 13.2 Å². The van der Waals surface area contributed by atoms with Gasteiger partial charge in [0.15, 0.2) is 0 Å². The summed E-state index contributed by atoms with van der Waals surface area (Å²) in [6.45, 7) is 6.27. The van der Waals surface area contributed by atoms with Crippen molar-refractivity contribution < 1.29 is 37.4 Å². The number of aliphatic hydroxyl groups is 1. The molecule has 2 fully saturated rings. The van der Waals surface area contributed by atoms with Gasteiger partial charge in [0.25, 0.3) is 5.91 Å². The fraction of sp³-hybridized carbons (Fsp3) is 0.500. The Labute approximate surface area is 242 Å². The Balaban J connectivity index is 1.19. The molecule has 0 unspecified atom stereocenters. The average Bonchev–Trinajstić information content (AvgIpc) is 2.88. The largest absolute Gasteiger partial charge is 0.444 e. The summed E-state index contributed by atoms with van der Waals surface area (Å²) in [7, 11) is 0. The van der Waals surface area contributed by atoms with E-state index in [1.165, 1.54) is 6.07 Å². The Hall–Kier alpha value is -3.64. The van der Waals surface area contributed by atoms with Crippen LogP contribution < -0.4 is 16.0 Å². The quantitative estimate of drug-likeness (QED) is 0.379. The van der Waals surface area contributed by atoms with Gasteiger partial charge in [0.1, 0.15) is 5.60 Å². The molecule has 0 spiro atoms. The lowest BCUT2D eigenvalue weighted by atomic mass is 9.76. The van der Waals surface area contributed by atoms with Gasteiger partial charge in [-0.05, 0) is 82.3 Å². The second-order valence-corrected chi connectivity index (χ2v) is 12.0. The third-order valence-electron chi connectivity index (χ3n) is 7.48. The Morgan fingerprint density at radius 1 is 1.02 bits per heavy atom. The molecule has 9 nitrogen and oxygen atoms in total. The minimum Gasteiger partial charge on any atom is -0.444 e. The summed E-state index contributed by atoms with van der Waals surface area (Å²) in [5, 5.41) is 19.3. The summed E-state index contributed by atoms with van der Waals surface area (Å²) in [4.78, 5) is 38.9. The van der Waals surface area contributed by atoms with Crippen molar-refractivity contribution in [3.05, 3.63) is 65.2 Å². The number of amides is 3. The number of likely N-dealkylation sites (tertiary alicyclic amines) is 1. The van der Waals surface area contributed by atoms with E-state index in [4.69, 9.17) is 4.74 Å². The maximum Gasteiger partial charge on any atom is 0.416 e. The van der Waals surface area contributed by atoms with Gasteiger partial charge in [-0.15, -0.1) is 0 Å². The first-order valence-electron chi connectivity index (χ1n) is 13.9. The van der Waals surface area contributed by atoms with Crippen LogP contribution in [0.5, 0.6) is 0 Å². The van der Waals surface area contributed by atoms with Crippen LogP contribution in [0.2, 0.25) is 0 Å². The van der Waals surface area contributed by atoms with E-state index in [0.717, 1.165) is 36.6 Å². The minimum absolute atomic E-state index is 0.0978. The second kappa shape index (κ2) is 12.3. The zero-order valence-electron chi connectivity index (χ0n) is 23.9. The minimum atomic E-state index is -4.56. The molecule has 2 aromatic carbocycles. The van der Waals surface area contributed by atoms with Gasteiger partial charge in [0, 0.05) is 30.4 Å². The first-order chi connectivity index (χ1) is 19.6. The lowest BCUT2D eigenvalue weighted by Crippen LogP contribution is -2.63. The van der Waals surface area contributed by atoms with Crippen molar-refractivity contribution in [3.63, 3.8) is 0 Å². The van der Waals surface area contributed by atoms with Crippen LogP contribution in [0.1, 0.15) is 67.9 Å². The first-order valence-corrected chi connectivity index (χ1v) is 13.9. The van der Waals surface area contributed by atoms with Crippen LogP contribution in [0.3, 0.4) is 0 Å². The van der Waals surface area contributed by atoms with Crippen LogP contribution in [-0.4, -0.2) is 65.2 Å². The SMILES string of the molecule is CC(C)(C)OC(=O)Nc1cccc(C2(O)CCC(N3CC(NC(=O)CNC(=O)c4cccc(C(F)(F)F)c4)C3)CC2)c1. The molecule has 2 aromatic rings. The summed E-state index contributed by atoms with van der Waals surface area (Å²) >= 11 is 0. The Kier molecular flexibility index (Phi) is 9.17. The van der Waals surface area contributed by atoms with Gasteiger partial charge in [-0.25, -0.2) is 4.79 Å². The number of hydrogen-bond acceptors (Lipinski definition) is 6. The Morgan fingerprint density at radius 3 is 2.33 bits per heavy atom. The van der Waals surface area contributed by atoms with E-state index in [-0.39, 0.29) is 24.2 Å². The molecule has 1 heterocycles. The highest BCUT2D eigenvalue weighted by atomic mass is 19.4. The summed E-state index contributed by atoms with van der Waals surface area (Å²) in [5.74, 6) is -1.18. The van der Waals surface area contributed by atoms with E-state index < -0.39 is 40.8 Å². The van der Waals surface area contributed by atoms with Crippen LogP contribution in [0.15, 0.2) is 48.5 Å². The molecule has 1 saturated carbocycles. The smallest absolute Gasteiger partial charge is 0.416 e. The highest BCUT2D eigenvalue weighted by Crippen LogP contribution is 2.40. The molecule has 0 bridgehead atoms. The lowest BCUT2D eigenvalue weighted by Gasteiger charge is -2.48. The number of carbonyl (C=O) groups is 3. The number of hydrogen-bond donors (Lipinski definition) is 4. The molecule has 42 heavy (non-hydrogen) atoms. The van der Waals surface area contributed by atoms with E-state index in [1.807, 2.05) is 6.07 Å². The number of alkyl halides is 3. The van der Waals surface area contributed by atoms with Crippen molar-refractivity contribution in [2.45, 2.75) is 75.9 Å². The van der Waals surface area contributed by atoms with E-state index in [1.54, 1.807) is 39.0 Å². The predicted molar refractivity (Wildman–Crippen MR) is 150 cm³/mol. The molecular weight excluding hydrogens is 553 g/mol. The molecule has 0 atom stereocenters. The van der Waals surface area contributed by atoms with E-state index in [2.05, 4.69) is 20.9 Å². The number of carbonyl (C=O) groups excluding carboxylic acids is 3. The molecule has 12 heteroatoms. The van der Waals surface area contributed by atoms with E-state index >= 15 is 0 Å². The number of ether oxygens (including phenoxy) is 1. The maximum absolute atomic E-state index is 12.9. The second-order valence-electron chi connectivity index (χ2n) is 12.0. The van der Waals surface area contributed by atoms with Gasteiger partial charge in [0.05, 0.1) is 23.8 Å². The van der Waals surface area contributed by atoms with Gasteiger partial charge < -0.3 is 20.5 Å². The van der Waals surface area contributed by atoms with Crippen LogP contribution in [0, 0.1) is 0 Å². The Morgan fingerprint density at radius 2 is 1.69 bits per heavy atom. The van der Waals surface area contributed by atoms with Crippen molar-refractivity contribution in [1.82, 2.24) is 15.5 Å². The van der Waals surface area contributed by atoms with Crippen LogP contribution in [0.25, 0.3) is 0 Å². The normalized spacial score (nSPS) is 21.6. The number of halogens is 3. The molecule has 3 amide bonds. The zero-order chi connectivity index (χ0) is 30.7. The molecule has 1 aliphatic heterocycles. The number of anilines is 1. The Bertz CT molecular complexity index is 1300. The van der Waals surface area contributed by atoms with E-state index in [0.29, 0.717) is 31.6 Å². The number of rotatable bonds is 7. The zero-order valence-corrected chi connectivity index (χ0v) is 23.9. The van der Waals surface area contributed by atoms with Crippen LogP contribution in [-0.2, 0) is 21.3 Å². The monoisotopic (exact) mass is 590 g/mol. The maximum atomic E-state index is 12.9. The fourth-order valence-electron chi connectivity index (χ4n) is 5.32. The third kappa shape index (κ3) is 8.22. The molecule has 0 aromatic heterocycles. The number of nitrogens with zero attached hydrogens (tertiary/aromatic N) is 1. The molecule has 1 saturated heterocycles. The summed E-state index contributed by atoms with van der Waals surface area (Å²) in [5.41, 5.74) is -1.46. The molecule has 4 rings (SSSR count). The fourth-order valence-corrected chi connectivity index (χ4v) is 5.32. The van der Waals surface area contributed by atoms with Crippen LogP contribution in [0.4, 0.5) is 23.7 Å². The highest BCUT2D eigenvalue weighted by molar-refractivity contribution is 5.96. The van der Waals surface area contributed by atoms with Gasteiger partial charge in [0.2, 0.25) is 5.91 Å². The summed E-state index contributed by atoms with van der Waals surface area (Å²) < 4.78 is 43.9.